The number of rotatable bonds is 4. The van der Waals surface area contributed by atoms with Gasteiger partial charge in [-0.05, 0) is 12.8 Å². The monoisotopic (exact) mass is 267 g/mol. The summed E-state index contributed by atoms with van der Waals surface area (Å²) in [4.78, 5) is 7.10. The maximum atomic E-state index is 4.45. The molecule has 1 aromatic rings. The minimum atomic E-state index is 0.538. The standard InChI is InChI=1S/C14H25N3S/c1-10(2)13-7-16-12(4)9-17(13)8-11(3)14-15-5-6-18-14/h5-6,10-13,16H,7-9H2,1-4H3. The summed E-state index contributed by atoms with van der Waals surface area (Å²) < 4.78 is 0. The first-order valence-electron chi connectivity index (χ1n) is 6.94. The number of aromatic nitrogens is 1. The molecule has 0 aromatic carbocycles. The summed E-state index contributed by atoms with van der Waals surface area (Å²) in [5, 5.41) is 6.94. The highest BCUT2D eigenvalue weighted by molar-refractivity contribution is 7.09. The van der Waals surface area contributed by atoms with Gasteiger partial charge >= 0.3 is 0 Å². The van der Waals surface area contributed by atoms with Gasteiger partial charge in [-0.15, -0.1) is 11.3 Å². The van der Waals surface area contributed by atoms with Crippen LogP contribution in [0.4, 0.5) is 0 Å². The predicted molar refractivity (Wildman–Crippen MR) is 78.2 cm³/mol. The number of hydrogen-bond acceptors (Lipinski definition) is 4. The summed E-state index contributed by atoms with van der Waals surface area (Å²) in [7, 11) is 0. The van der Waals surface area contributed by atoms with Crippen LogP contribution in [0.5, 0.6) is 0 Å². The molecule has 1 aromatic heterocycles. The van der Waals surface area contributed by atoms with Crippen LogP contribution in [0.25, 0.3) is 0 Å². The number of hydrogen-bond donors (Lipinski definition) is 1. The Morgan fingerprint density at radius 3 is 2.89 bits per heavy atom. The minimum absolute atomic E-state index is 0.538. The van der Waals surface area contributed by atoms with Gasteiger partial charge in [-0.25, -0.2) is 4.98 Å². The van der Waals surface area contributed by atoms with Crippen LogP contribution in [-0.2, 0) is 0 Å². The van der Waals surface area contributed by atoms with Gasteiger partial charge in [0, 0.05) is 49.2 Å². The molecule has 0 spiro atoms. The predicted octanol–water partition coefficient (Wildman–Crippen LogP) is 2.56. The van der Waals surface area contributed by atoms with Crippen molar-refractivity contribution >= 4 is 11.3 Å². The van der Waals surface area contributed by atoms with Crippen molar-refractivity contribution in [3.8, 4) is 0 Å². The van der Waals surface area contributed by atoms with Gasteiger partial charge in [-0.3, -0.25) is 4.90 Å². The summed E-state index contributed by atoms with van der Waals surface area (Å²) in [5.74, 6) is 1.24. The lowest BCUT2D eigenvalue weighted by Gasteiger charge is -2.42. The van der Waals surface area contributed by atoms with Crippen LogP contribution in [-0.4, -0.2) is 41.6 Å². The Morgan fingerprint density at radius 2 is 2.28 bits per heavy atom. The molecule has 3 nitrogen and oxygen atoms in total. The quantitative estimate of drug-likeness (QED) is 0.909. The Labute approximate surface area is 115 Å². The molecule has 1 N–H and O–H groups in total. The van der Waals surface area contributed by atoms with Crippen LogP contribution in [0.1, 0.15) is 38.6 Å². The molecule has 0 amide bonds. The third kappa shape index (κ3) is 3.31. The Bertz CT molecular complexity index is 350. The van der Waals surface area contributed by atoms with Crippen molar-refractivity contribution in [3.63, 3.8) is 0 Å². The van der Waals surface area contributed by atoms with Gasteiger partial charge in [0.2, 0.25) is 0 Å². The summed E-state index contributed by atoms with van der Waals surface area (Å²) in [6.45, 7) is 12.6. The summed E-state index contributed by atoms with van der Waals surface area (Å²) in [5.41, 5.74) is 0. The van der Waals surface area contributed by atoms with Crippen molar-refractivity contribution in [2.24, 2.45) is 5.92 Å². The Kier molecular flexibility index (Phi) is 4.76. The van der Waals surface area contributed by atoms with Crippen molar-refractivity contribution in [3.05, 3.63) is 16.6 Å². The average Bonchev–Trinajstić information content (AvgIpc) is 2.81. The topological polar surface area (TPSA) is 28.2 Å². The highest BCUT2D eigenvalue weighted by Gasteiger charge is 2.29. The van der Waals surface area contributed by atoms with E-state index in [4.69, 9.17) is 0 Å². The lowest BCUT2D eigenvalue weighted by Crippen LogP contribution is -2.57. The largest absolute Gasteiger partial charge is 0.311 e. The SMILES string of the molecule is CC1CN(CC(C)c2nccs2)C(C(C)C)CN1. The van der Waals surface area contributed by atoms with Crippen molar-refractivity contribution < 1.29 is 0 Å². The number of piperazine rings is 1. The van der Waals surface area contributed by atoms with E-state index in [2.05, 4.69) is 48.3 Å². The van der Waals surface area contributed by atoms with Gasteiger partial charge in [-0.1, -0.05) is 20.8 Å². The van der Waals surface area contributed by atoms with Crippen LogP contribution in [0, 0.1) is 5.92 Å². The zero-order chi connectivity index (χ0) is 13.1. The fourth-order valence-corrected chi connectivity index (χ4v) is 3.47. The maximum absolute atomic E-state index is 4.45. The second-order valence-electron chi connectivity index (χ2n) is 5.85. The normalized spacial score (nSPS) is 27.6. The molecule has 0 saturated carbocycles. The van der Waals surface area contributed by atoms with Crippen LogP contribution in [0.3, 0.4) is 0 Å². The van der Waals surface area contributed by atoms with E-state index in [-0.39, 0.29) is 0 Å². The maximum Gasteiger partial charge on any atom is 0.0965 e. The van der Waals surface area contributed by atoms with Gasteiger partial charge < -0.3 is 5.32 Å². The summed E-state index contributed by atoms with van der Waals surface area (Å²) >= 11 is 1.78. The molecule has 2 rings (SSSR count). The lowest BCUT2D eigenvalue weighted by atomic mass is 9.97. The zero-order valence-electron chi connectivity index (χ0n) is 11.9. The Balaban J connectivity index is 2.00. The van der Waals surface area contributed by atoms with E-state index < -0.39 is 0 Å². The van der Waals surface area contributed by atoms with Crippen molar-refractivity contribution in [1.29, 1.82) is 0 Å². The third-order valence-corrected chi connectivity index (χ3v) is 4.81. The zero-order valence-corrected chi connectivity index (χ0v) is 12.7. The minimum Gasteiger partial charge on any atom is -0.311 e. The molecular weight excluding hydrogens is 242 g/mol. The first kappa shape index (κ1) is 14.0. The second-order valence-corrected chi connectivity index (χ2v) is 6.77. The van der Waals surface area contributed by atoms with Crippen LogP contribution < -0.4 is 5.32 Å². The summed E-state index contributed by atoms with van der Waals surface area (Å²) in [6, 6.07) is 1.26. The van der Waals surface area contributed by atoms with Gasteiger partial charge in [-0.2, -0.15) is 0 Å². The molecule has 102 valence electrons. The van der Waals surface area contributed by atoms with Crippen molar-refractivity contribution in [1.82, 2.24) is 15.2 Å². The molecule has 2 heterocycles. The fraction of sp³-hybridized carbons (Fsp3) is 0.786. The third-order valence-electron chi connectivity index (χ3n) is 3.80. The first-order valence-corrected chi connectivity index (χ1v) is 7.82. The van der Waals surface area contributed by atoms with Gasteiger partial charge in [0.05, 0.1) is 5.01 Å². The van der Waals surface area contributed by atoms with E-state index in [1.165, 1.54) is 5.01 Å². The van der Waals surface area contributed by atoms with E-state index in [1.807, 2.05) is 6.20 Å². The average molecular weight is 267 g/mol. The molecule has 1 aliphatic rings. The fourth-order valence-electron chi connectivity index (χ4n) is 2.78. The molecule has 0 aliphatic carbocycles. The molecule has 0 radical (unpaired) electrons. The molecule has 0 bridgehead atoms. The highest BCUT2D eigenvalue weighted by Crippen LogP contribution is 2.23. The highest BCUT2D eigenvalue weighted by atomic mass is 32.1. The Hall–Kier alpha value is -0.450. The number of thiazole rings is 1. The van der Waals surface area contributed by atoms with Gasteiger partial charge in [0.15, 0.2) is 0 Å². The lowest BCUT2D eigenvalue weighted by molar-refractivity contribution is 0.0975. The molecule has 3 unspecified atom stereocenters. The molecule has 1 fully saturated rings. The number of nitrogens with one attached hydrogen (secondary N) is 1. The van der Waals surface area contributed by atoms with Gasteiger partial charge in [0.25, 0.3) is 0 Å². The smallest absolute Gasteiger partial charge is 0.0965 e. The molecule has 1 aliphatic heterocycles. The molecular formula is C14H25N3S. The van der Waals surface area contributed by atoms with E-state index >= 15 is 0 Å². The van der Waals surface area contributed by atoms with Crippen LogP contribution >= 0.6 is 11.3 Å². The summed E-state index contributed by atoms with van der Waals surface area (Å²) in [6.07, 6.45) is 1.91. The molecule has 18 heavy (non-hydrogen) atoms. The Morgan fingerprint density at radius 1 is 1.50 bits per heavy atom. The van der Waals surface area contributed by atoms with E-state index in [1.54, 1.807) is 11.3 Å². The van der Waals surface area contributed by atoms with Crippen LogP contribution in [0.15, 0.2) is 11.6 Å². The van der Waals surface area contributed by atoms with E-state index in [9.17, 15) is 0 Å². The van der Waals surface area contributed by atoms with Crippen molar-refractivity contribution in [2.75, 3.05) is 19.6 Å². The molecule has 1 saturated heterocycles. The van der Waals surface area contributed by atoms with E-state index in [0.29, 0.717) is 23.9 Å². The molecule has 3 atom stereocenters. The second kappa shape index (κ2) is 6.13. The first-order chi connectivity index (χ1) is 8.58. The number of nitrogens with zero attached hydrogens (tertiary/aromatic N) is 2. The van der Waals surface area contributed by atoms with Crippen LogP contribution in [0.2, 0.25) is 0 Å². The van der Waals surface area contributed by atoms with Gasteiger partial charge in [0.1, 0.15) is 0 Å². The molecule has 4 heteroatoms. The van der Waals surface area contributed by atoms with Crippen molar-refractivity contribution in [2.45, 2.75) is 45.7 Å². The van der Waals surface area contributed by atoms with E-state index in [0.717, 1.165) is 19.6 Å².